The number of benzene rings is 1. The topological polar surface area (TPSA) is 91.6 Å². The van der Waals surface area contributed by atoms with Gasteiger partial charge in [0.25, 0.3) is 11.7 Å². The average Bonchev–Trinajstić information content (AvgIpc) is 3.00. The highest BCUT2D eigenvalue weighted by molar-refractivity contribution is 5.89. The Balaban J connectivity index is 1.46. The van der Waals surface area contributed by atoms with Crippen molar-refractivity contribution in [2.24, 2.45) is 5.92 Å². The first kappa shape index (κ1) is 17.7. The van der Waals surface area contributed by atoms with Crippen LogP contribution in [0.25, 0.3) is 0 Å². The largest absolute Gasteiger partial charge is 0.352 e. The predicted molar refractivity (Wildman–Crippen MR) is 96.5 cm³/mol. The lowest BCUT2D eigenvalue weighted by atomic mass is 9.93. The van der Waals surface area contributed by atoms with E-state index in [1.165, 1.54) is 7.05 Å². The van der Waals surface area contributed by atoms with Gasteiger partial charge in [-0.05, 0) is 18.4 Å². The Bertz CT molecular complexity index is 822. The molecule has 27 heavy (non-hydrogen) atoms. The molecule has 2 unspecified atom stereocenters. The molecule has 142 valence electrons. The van der Waals surface area contributed by atoms with Gasteiger partial charge < -0.3 is 14.7 Å². The molecule has 0 radical (unpaired) electrons. The molecule has 3 aliphatic rings. The summed E-state index contributed by atoms with van der Waals surface area (Å²) in [6, 6.07) is 10.3. The van der Waals surface area contributed by atoms with Crippen LogP contribution in [-0.2, 0) is 17.9 Å². The molecule has 3 fully saturated rings. The maximum Gasteiger partial charge on any atom is 0.292 e. The predicted octanol–water partition coefficient (Wildman–Crippen LogP) is 1.05. The van der Waals surface area contributed by atoms with Crippen LogP contribution in [-0.4, -0.2) is 57.9 Å². The van der Waals surface area contributed by atoms with Crippen molar-refractivity contribution in [3.05, 3.63) is 47.6 Å². The Kier molecular flexibility index (Phi) is 4.89. The molecule has 1 aromatic heterocycles. The van der Waals surface area contributed by atoms with Gasteiger partial charge in [0.15, 0.2) is 0 Å². The van der Waals surface area contributed by atoms with E-state index in [2.05, 4.69) is 32.5 Å². The number of hydrogen-bond acceptors (Lipinski definition) is 6. The van der Waals surface area contributed by atoms with Crippen molar-refractivity contribution in [1.82, 2.24) is 25.3 Å². The fourth-order valence-electron chi connectivity index (χ4n) is 3.96. The number of amides is 2. The van der Waals surface area contributed by atoms with Crippen LogP contribution >= 0.6 is 0 Å². The van der Waals surface area contributed by atoms with Crippen LogP contribution in [0.1, 0.15) is 34.9 Å². The van der Waals surface area contributed by atoms with Gasteiger partial charge in [-0.25, -0.2) is 0 Å². The van der Waals surface area contributed by atoms with E-state index < -0.39 is 0 Å². The second-order valence-corrected chi connectivity index (χ2v) is 7.16. The maximum atomic E-state index is 12.9. The number of nitrogens with zero attached hydrogens (tertiary/aromatic N) is 4. The lowest BCUT2D eigenvalue weighted by Crippen LogP contribution is -2.47. The molecule has 1 N–H and O–H groups in total. The molecule has 8 heteroatoms. The summed E-state index contributed by atoms with van der Waals surface area (Å²) < 4.78 is 5.21. The third-order valence-electron chi connectivity index (χ3n) is 5.32. The summed E-state index contributed by atoms with van der Waals surface area (Å²) in [4.78, 5) is 32.9. The first-order valence-corrected chi connectivity index (χ1v) is 9.25. The van der Waals surface area contributed by atoms with Gasteiger partial charge in [0.2, 0.25) is 11.8 Å². The van der Waals surface area contributed by atoms with Crippen LogP contribution in [0, 0.1) is 5.92 Å². The molecule has 1 aromatic carbocycles. The lowest BCUT2D eigenvalue weighted by Gasteiger charge is -2.36. The zero-order valence-corrected chi connectivity index (χ0v) is 15.3. The Morgan fingerprint density at radius 2 is 2.04 bits per heavy atom. The standard InChI is InChI=1S/C19H23N5O3/c1-20-18(25)17-21-16(27-22-17)12-23-10-14-7-8-15(11-23)24(19(14)26)9-13-5-3-2-4-6-13/h2-6,14-15H,7-12H2,1H3,(H,20,25). The van der Waals surface area contributed by atoms with Gasteiger partial charge in [0.1, 0.15) is 0 Å². The summed E-state index contributed by atoms with van der Waals surface area (Å²) >= 11 is 0. The van der Waals surface area contributed by atoms with Crippen molar-refractivity contribution >= 4 is 11.8 Å². The van der Waals surface area contributed by atoms with Crippen molar-refractivity contribution in [1.29, 1.82) is 0 Å². The van der Waals surface area contributed by atoms with Crippen LogP contribution in [0.4, 0.5) is 0 Å². The molecule has 0 spiro atoms. The van der Waals surface area contributed by atoms with E-state index >= 15 is 0 Å². The van der Waals surface area contributed by atoms with Gasteiger partial charge in [-0.2, -0.15) is 4.98 Å². The summed E-state index contributed by atoms with van der Waals surface area (Å²) in [5, 5.41) is 6.19. The highest BCUT2D eigenvalue weighted by atomic mass is 16.5. The molecule has 0 aliphatic carbocycles. The van der Waals surface area contributed by atoms with Crippen LogP contribution in [0.3, 0.4) is 0 Å². The summed E-state index contributed by atoms with van der Waals surface area (Å²) in [6.07, 6.45) is 1.92. The molecule has 3 aliphatic heterocycles. The minimum atomic E-state index is -0.370. The highest BCUT2D eigenvalue weighted by Crippen LogP contribution is 2.31. The molecular weight excluding hydrogens is 346 g/mol. The van der Waals surface area contributed by atoms with Crippen molar-refractivity contribution in [3.63, 3.8) is 0 Å². The van der Waals surface area contributed by atoms with Crippen molar-refractivity contribution in [3.8, 4) is 0 Å². The van der Waals surface area contributed by atoms with E-state index in [0.29, 0.717) is 25.5 Å². The SMILES string of the molecule is CNC(=O)c1noc(CN2CC3CCC(C2)N(Cc2ccccc2)C3=O)n1. The summed E-state index contributed by atoms with van der Waals surface area (Å²) in [5.41, 5.74) is 1.15. The van der Waals surface area contributed by atoms with E-state index in [-0.39, 0.29) is 29.6 Å². The van der Waals surface area contributed by atoms with E-state index in [9.17, 15) is 9.59 Å². The fraction of sp³-hybridized carbons (Fsp3) is 0.474. The third kappa shape index (κ3) is 3.71. The second kappa shape index (κ2) is 7.48. The monoisotopic (exact) mass is 369 g/mol. The third-order valence-corrected chi connectivity index (χ3v) is 5.32. The minimum Gasteiger partial charge on any atom is -0.352 e. The van der Waals surface area contributed by atoms with Gasteiger partial charge in [-0.15, -0.1) is 0 Å². The molecule has 8 nitrogen and oxygen atoms in total. The molecule has 2 aromatic rings. The summed E-state index contributed by atoms with van der Waals surface area (Å²) in [7, 11) is 1.53. The molecule has 4 heterocycles. The quantitative estimate of drug-likeness (QED) is 0.847. The molecule has 2 amide bonds. The van der Waals surface area contributed by atoms with Crippen LogP contribution in [0.5, 0.6) is 0 Å². The molecule has 0 saturated carbocycles. The molecule has 2 bridgehead atoms. The lowest BCUT2D eigenvalue weighted by molar-refractivity contribution is -0.140. The van der Waals surface area contributed by atoms with Crippen LogP contribution in [0.2, 0.25) is 0 Å². The number of fused-ring (bicyclic) bond motifs is 4. The Morgan fingerprint density at radius 1 is 1.22 bits per heavy atom. The van der Waals surface area contributed by atoms with E-state index in [1.807, 2.05) is 23.1 Å². The Hall–Kier alpha value is -2.74. The van der Waals surface area contributed by atoms with Crippen LogP contribution in [0.15, 0.2) is 34.9 Å². The summed E-state index contributed by atoms with van der Waals surface area (Å²) in [5.74, 6) is 0.289. The fourth-order valence-corrected chi connectivity index (χ4v) is 3.96. The highest BCUT2D eigenvalue weighted by Gasteiger charge is 2.40. The molecule has 3 saturated heterocycles. The number of aromatic nitrogens is 2. The Labute approximate surface area is 157 Å². The first-order chi connectivity index (χ1) is 13.1. The van der Waals surface area contributed by atoms with Crippen molar-refractivity contribution < 1.29 is 14.1 Å². The first-order valence-electron chi connectivity index (χ1n) is 9.25. The van der Waals surface area contributed by atoms with Gasteiger partial charge in [0.05, 0.1) is 12.5 Å². The molecule has 2 atom stereocenters. The summed E-state index contributed by atoms with van der Waals surface area (Å²) in [6.45, 7) is 2.55. The Morgan fingerprint density at radius 3 is 2.81 bits per heavy atom. The van der Waals surface area contributed by atoms with E-state index in [4.69, 9.17) is 4.52 Å². The van der Waals surface area contributed by atoms with E-state index in [1.54, 1.807) is 0 Å². The van der Waals surface area contributed by atoms with Crippen molar-refractivity contribution in [2.45, 2.75) is 32.0 Å². The van der Waals surface area contributed by atoms with Crippen LogP contribution < -0.4 is 5.32 Å². The average molecular weight is 369 g/mol. The molecule has 5 rings (SSSR count). The van der Waals surface area contributed by atoms with Gasteiger partial charge in [0, 0.05) is 32.7 Å². The zero-order chi connectivity index (χ0) is 18.8. The van der Waals surface area contributed by atoms with Gasteiger partial charge in [-0.3, -0.25) is 14.5 Å². The van der Waals surface area contributed by atoms with Crippen molar-refractivity contribution in [2.75, 3.05) is 20.1 Å². The molecular formula is C19H23N5O3. The van der Waals surface area contributed by atoms with E-state index in [0.717, 1.165) is 24.9 Å². The number of hydrogen-bond donors (Lipinski definition) is 1. The van der Waals surface area contributed by atoms with Gasteiger partial charge >= 0.3 is 0 Å². The zero-order valence-electron chi connectivity index (χ0n) is 15.3. The number of rotatable bonds is 5. The number of nitrogens with one attached hydrogen (secondary N) is 1. The number of carbonyl (C=O) groups excluding carboxylic acids is 2. The van der Waals surface area contributed by atoms with Gasteiger partial charge in [-0.1, -0.05) is 35.5 Å². The minimum absolute atomic E-state index is 0.00575. The number of carbonyl (C=O) groups is 2. The number of piperidine rings is 1. The smallest absolute Gasteiger partial charge is 0.292 e. The maximum absolute atomic E-state index is 12.9. The normalized spacial score (nSPS) is 22.7. The second-order valence-electron chi connectivity index (χ2n) is 7.16.